The summed E-state index contributed by atoms with van der Waals surface area (Å²) in [7, 11) is 1.76. The molecule has 0 aliphatic rings. The van der Waals surface area contributed by atoms with Crippen molar-refractivity contribution in [3.8, 4) is 17.1 Å². The molecule has 1 N–H and O–H groups in total. The molecular formula is C11H10N2O2. The van der Waals surface area contributed by atoms with Crippen LogP contribution in [0.2, 0.25) is 0 Å². The normalized spacial score (nSPS) is 10.2. The van der Waals surface area contributed by atoms with E-state index < -0.39 is 0 Å². The van der Waals surface area contributed by atoms with Crippen molar-refractivity contribution < 1.29 is 9.90 Å². The number of aromatic hydroxyl groups is 1. The Morgan fingerprint density at radius 3 is 2.87 bits per heavy atom. The standard InChI is InChI=1S/C11H10N2O2/c1-13-9(7-14)6-12-11(13)8-3-2-4-10(15)5-8/h2-7,15H,1H3. The van der Waals surface area contributed by atoms with E-state index >= 15 is 0 Å². The van der Waals surface area contributed by atoms with Gasteiger partial charge < -0.3 is 9.67 Å². The Hall–Kier alpha value is -2.10. The van der Waals surface area contributed by atoms with Crippen molar-refractivity contribution in [3.05, 3.63) is 36.2 Å². The number of benzene rings is 1. The highest BCUT2D eigenvalue weighted by Crippen LogP contribution is 2.21. The minimum atomic E-state index is 0.183. The van der Waals surface area contributed by atoms with Crippen molar-refractivity contribution in [2.45, 2.75) is 0 Å². The largest absolute Gasteiger partial charge is 0.508 e. The highest BCUT2D eigenvalue weighted by molar-refractivity contribution is 5.74. The maximum absolute atomic E-state index is 10.6. The second-order valence-electron chi connectivity index (χ2n) is 3.23. The lowest BCUT2D eigenvalue weighted by Gasteiger charge is -2.02. The molecule has 0 aliphatic heterocycles. The van der Waals surface area contributed by atoms with Crippen molar-refractivity contribution in [2.24, 2.45) is 7.05 Å². The van der Waals surface area contributed by atoms with Crippen molar-refractivity contribution in [1.82, 2.24) is 9.55 Å². The fourth-order valence-electron chi connectivity index (χ4n) is 1.45. The molecule has 0 spiro atoms. The predicted octanol–water partition coefficient (Wildman–Crippen LogP) is 1.61. The average molecular weight is 202 g/mol. The number of aromatic nitrogens is 2. The summed E-state index contributed by atoms with van der Waals surface area (Å²) in [6.07, 6.45) is 2.26. The second kappa shape index (κ2) is 3.57. The van der Waals surface area contributed by atoms with Gasteiger partial charge in [0.25, 0.3) is 0 Å². The van der Waals surface area contributed by atoms with Gasteiger partial charge in [0.15, 0.2) is 6.29 Å². The van der Waals surface area contributed by atoms with Crippen LogP contribution in [0.5, 0.6) is 5.75 Å². The molecule has 0 fully saturated rings. The van der Waals surface area contributed by atoms with E-state index in [0.29, 0.717) is 11.5 Å². The number of rotatable bonds is 2. The highest BCUT2D eigenvalue weighted by Gasteiger charge is 2.07. The molecule has 0 saturated heterocycles. The van der Waals surface area contributed by atoms with Crippen molar-refractivity contribution in [1.29, 1.82) is 0 Å². The summed E-state index contributed by atoms with van der Waals surface area (Å²) in [6, 6.07) is 6.76. The van der Waals surface area contributed by atoms with E-state index in [1.165, 1.54) is 6.20 Å². The van der Waals surface area contributed by atoms with Crippen LogP contribution in [0.25, 0.3) is 11.4 Å². The maximum Gasteiger partial charge on any atom is 0.168 e. The molecule has 1 aromatic carbocycles. The summed E-state index contributed by atoms with van der Waals surface area (Å²) in [5, 5.41) is 9.32. The third kappa shape index (κ3) is 1.61. The van der Waals surface area contributed by atoms with Crippen LogP contribution >= 0.6 is 0 Å². The van der Waals surface area contributed by atoms with Crippen LogP contribution in [-0.2, 0) is 7.05 Å². The number of phenols is 1. The van der Waals surface area contributed by atoms with Crippen LogP contribution in [0.3, 0.4) is 0 Å². The zero-order chi connectivity index (χ0) is 10.8. The number of aldehydes is 1. The van der Waals surface area contributed by atoms with Gasteiger partial charge in [0.2, 0.25) is 0 Å². The Morgan fingerprint density at radius 2 is 2.27 bits per heavy atom. The van der Waals surface area contributed by atoms with Crippen LogP contribution in [0.4, 0.5) is 0 Å². The highest BCUT2D eigenvalue weighted by atomic mass is 16.3. The molecule has 0 atom stereocenters. The Bertz CT molecular complexity index is 503. The minimum Gasteiger partial charge on any atom is -0.508 e. The van der Waals surface area contributed by atoms with Gasteiger partial charge in [0, 0.05) is 12.6 Å². The van der Waals surface area contributed by atoms with E-state index in [1.54, 1.807) is 29.8 Å². The second-order valence-corrected chi connectivity index (χ2v) is 3.23. The molecule has 0 radical (unpaired) electrons. The molecule has 4 heteroatoms. The van der Waals surface area contributed by atoms with Gasteiger partial charge in [-0.2, -0.15) is 0 Å². The lowest BCUT2D eigenvalue weighted by Crippen LogP contribution is -1.96. The van der Waals surface area contributed by atoms with Gasteiger partial charge in [-0.05, 0) is 12.1 Å². The van der Waals surface area contributed by atoms with Crippen LogP contribution in [0.15, 0.2) is 30.5 Å². The van der Waals surface area contributed by atoms with Gasteiger partial charge in [0.05, 0.1) is 6.20 Å². The van der Waals surface area contributed by atoms with E-state index in [1.807, 2.05) is 6.07 Å². The third-order valence-corrected chi connectivity index (χ3v) is 2.25. The van der Waals surface area contributed by atoms with Crippen LogP contribution in [-0.4, -0.2) is 20.9 Å². The molecule has 15 heavy (non-hydrogen) atoms. The topological polar surface area (TPSA) is 55.1 Å². The summed E-state index contributed by atoms with van der Waals surface area (Å²) in [6.45, 7) is 0. The summed E-state index contributed by atoms with van der Waals surface area (Å²) >= 11 is 0. The molecule has 0 unspecified atom stereocenters. The third-order valence-electron chi connectivity index (χ3n) is 2.25. The fraction of sp³-hybridized carbons (Fsp3) is 0.0909. The first-order valence-electron chi connectivity index (χ1n) is 4.48. The van der Waals surface area contributed by atoms with Gasteiger partial charge in [0.1, 0.15) is 17.3 Å². The van der Waals surface area contributed by atoms with E-state index in [9.17, 15) is 9.90 Å². The number of carbonyl (C=O) groups is 1. The van der Waals surface area contributed by atoms with Gasteiger partial charge in [-0.3, -0.25) is 4.79 Å². The van der Waals surface area contributed by atoms with Crippen molar-refractivity contribution in [3.63, 3.8) is 0 Å². The summed E-state index contributed by atoms with van der Waals surface area (Å²) < 4.78 is 1.68. The Kier molecular flexibility index (Phi) is 2.25. The Labute approximate surface area is 86.8 Å². The summed E-state index contributed by atoms with van der Waals surface area (Å²) in [4.78, 5) is 14.7. The number of nitrogens with zero attached hydrogens (tertiary/aromatic N) is 2. The molecule has 4 nitrogen and oxygen atoms in total. The van der Waals surface area contributed by atoms with Crippen LogP contribution < -0.4 is 0 Å². The van der Waals surface area contributed by atoms with Gasteiger partial charge in [-0.15, -0.1) is 0 Å². The summed E-state index contributed by atoms with van der Waals surface area (Å²) in [5.74, 6) is 0.844. The number of phenolic OH excluding ortho intramolecular Hbond substituents is 1. The zero-order valence-corrected chi connectivity index (χ0v) is 8.21. The first-order valence-corrected chi connectivity index (χ1v) is 4.48. The predicted molar refractivity (Wildman–Crippen MR) is 55.7 cm³/mol. The van der Waals surface area contributed by atoms with E-state index in [0.717, 1.165) is 11.8 Å². The van der Waals surface area contributed by atoms with Gasteiger partial charge >= 0.3 is 0 Å². The number of hydrogen-bond acceptors (Lipinski definition) is 3. The molecule has 2 rings (SSSR count). The SMILES string of the molecule is Cn1c(C=O)cnc1-c1cccc(O)c1. The van der Waals surface area contributed by atoms with Gasteiger partial charge in [-0.1, -0.05) is 12.1 Å². The Balaban J connectivity index is 2.54. The first kappa shape index (κ1) is 9.45. The van der Waals surface area contributed by atoms with Gasteiger partial charge in [-0.25, -0.2) is 4.98 Å². The fourth-order valence-corrected chi connectivity index (χ4v) is 1.45. The minimum absolute atomic E-state index is 0.183. The summed E-state index contributed by atoms with van der Waals surface area (Å²) in [5.41, 5.74) is 1.29. The lowest BCUT2D eigenvalue weighted by molar-refractivity contribution is 0.111. The number of hydrogen-bond donors (Lipinski definition) is 1. The molecule has 0 aliphatic carbocycles. The average Bonchev–Trinajstić information content (AvgIpc) is 2.59. The quantitative estimate of drug-likeness (QED) is 0.752. The lowest BCUT2D eigenvalue weighted by atomic mass is 10.2. The molecule has 0 bridgehead atoms. The van der Waals surface area contributed by atoms with Crippen molar-refractivity contribution in [2.75, 3.05) is 0 Å². The molecule has 0 saturated carbocycles. The molecule has 76 valence electrons. The van der Waals surface area contributed by atoms with Crippen LogP contribution in [0.1, 0.15) is 10.5 Å². The van der Waals surface area contributed by atoms with E-state index in [4.69, 9.17) is 0 Å². The molecule has 1 heterocycles. The van der Waals surface area contributed by atoms with E-state index in [-0.39, 0.29) is 5.75 Å². The van der Waals surface area contributed by atoms with E-state index in [2.05, 4.69) is 4.98 Å². The first-order chi connectivity index (χ1) is 7.22. The van der Waals surface area contributed by atoms with Crippen LogP contribution in [0, 0.1) is 0 Å². The molecule has 1 aromatic heterocycles. The monoisotopic (exact) mass is 202 g/mol. The molecular weight excluding hydrogens is 192 g/mol. The molecule has 2 aromatic rings. The van der Waals surface area contributed by atoms with Crippen molar-refractivity contribution >= 4 is 6.29 Å². The molecule has 0 amide bonds. The smallest absolute Gasteiger partial charge is 0.168 e. The zero-order valence-electron chi connectivity index (χ0n) is 8.21. The number of imidazole rings is 1. The Morgan fingerprint density at radius 1 is 1.47 bits per heavy atom. The maximum atomic E-state index is 10.6. The number of carbonyl (C=O) groups excluding carboxylic acids is 1.